The maximum atomic E-state index is 6.63. The lowest BCUT2D eigenvalue weighted by atomic mass is 9.83. The summed E-state index contributed by atoms with van der Waals surface area (Å²) in [7, 11) is 0. The van der Waals surface area contributed by atoms with Gasteiger partial charge in [0.25, 0.3) is 0 Å². The van der Waals surface area contributed by atoms with Crippen LogP contribution in [0, 0.1) is 0 Å². The molecule has 0 saturated carbocycles. The number of para-hydroxylation sites is 1. The monoisotopic (exact) mass is 669 g/mol. The Bertz CT molecular complexity index is 2700. The van der Waals surface area contributed by atoms with Crippen LogP contribution in [0.4, 0.5) is 17.1 Å². The highest BCUT2D eigenvalue weighted by Gasteiger charge is 2.27. The maximum Gasteiger partial charge on any atom is 0.139 e. The molecule has 0 amide bonds. The van der Waals surface area contributed by atoms with Crippen LogP contribution in [0.2, 0.25) is 0 Å². The van der Waals surface area contributed by atoms with Crippen molar-refractivity contribution >= 4 is 49.6 Å². The van der Waals surface area contributed by atoms with Crippen LogP contribution in [0.1, 0.15) is 26.3 Å². The van der Waals surface area contributed by atoms with E-state index in [4.69, 9.17) is 4.42 Å². The van der Waals surface area contributed by atoms with Gasteiger partial charge in [-0.15, -0.1) is 0 Å². The van der Waals surface area contributed by atoms with Crippen LogP contribution in [0.15, 0.2) is 186 Å². The molecule has 0 radical (unpaired) electrons. The summed E-state index contributed by atoms with van der Waals surface area (Å²) in [5.74, 6) is 0.927. The molecule has 0 aliphatic rings. The lowest BCUT2D eigenvalue weighted by molar-refractivity contribution is 0.568. The quantitative estimate of drug-likeness (QED) is 0.175. The lowest BCUT2D eigenvalue weighted by Crippen LogP contribution is -2.12. The van der Waals surface area contributed by atoms with Gasteiger partial charge < -0.3 is 9.32 Å². The van der Waals surface area contributed by atoms with Gasteiger partial charge in [-0.2, -0.15) is 0 Å². The number of furan rings is 1. The summed E-state index contributed by atoms with van der Waals surface area (Å²) in [6.07, 6.45) is 0. The van der Waals surface area contributed by atoms with Gasteiger partial charge in [-0.05, 0) is 80.2 Å². The van der Waals surface area contributed by atoms with Crippen molar-refractivity contribution in [3.63, 3.8) is 0 Å². The van der Waals surface area contributed by atoms with E-state index in [-0.39, 0.29) is 5.41 Å². The zero-order chi connectivity index (χ0) is 35.2. The SMILES string of the molecule is CC(C)(C)c1c(-c2cccc(N(c3ccc(-c4ccc(-c5cccc6ccccc56)cc4)cc3)c3cccc4ccccc34)c2)oc2ccccc12. The molecule has 0 fully saturated rings. The van der Waals surface area contributed by atoms with Crippen molar-refractivity contribution in [2.75, 3.05) is 4.90 Å². The number of anilines is 3. The second-order valence-electron chi connectivity index (χ2n) is 14.6. The Hall–Kier alpha value is -6.38. The van der Waals surface area contributed by atoms with Gasteiger partial charge in [0.15, 0.2) is 0 Å². The topological polar surface area (TPSA) is 16.4 Å². The lowest BCUT2D eigenvalue weighted by Gasteiger charge is -2.27. The Balaban J connectivity index is 1.13. The van der Waals surface area contributed by atoms with E-state index in [0.717, 1.165) is 34.0 Å². The third-order valence-electron chi connectivity index (χ3n) is 10.2. The number of rotatable bonds is 6. The molecule has 8 aromatic carbocycles. The van der Waals surface area contributed by atoms with Crippen LogP contribution in [0.3, 0.4) is 0 Å². The Morgan fingerprint density at radius 2 is 0.981 bits per heavy atom. The molecular weight excluding hydrogens is 631 g/mol. The van der Waals surface area contributed by atoms with E-state index < -0.39 is 0 Å². The molecule has 0 saturated heterocycles. The summed E-state index contributed by atoms with van der Waals surface area (Å²) in [6, 6.07) is 65.4. The maximum absolute atomic E-state index is 6.63. The zero-order valence-electron chi connectivity index (χ0n) is 29.7. The van der Waals surface area contributed by atoms with E-state index in [1.54, 1.807) is 0 Å². The number of fused-ring (bicyclic) bond motifs is 3. The number of benzene rings is 8. The van der Waals surface area contributed by atoms with Gasteiger partial charge >= 0.3 is 0 Å². The average molecular weight is 670 g/mol. The Kier molecular flexibility index (Phi) is 7.74. The van der Waals surface area contributed by atoms with Gasteiger partial charge in [0.1, 0.15) is 11.3 Å². The molecule has 0 atom stereocenters. The molecule has 9 rings (SSSR count). The van der Waals surface area contributed by atoms with E-state index in [9.17, 15) is 0 Å². The van der Waals surface area contributed by atoms with Crippen molar-refractivity contribution in [2.24, 2.45) is 0 Å². The number of nitrogens with zero attached hydrogens (tertiary/aromatic N) is 1. The van der Waals surface area contributed by atoms with Crippen LogP contribution >= 0.6 is 0 Å². The minimum absolute atomic E-state index is 0.101. The van der Waals surface area contributed by atoms with Gasteiger partial charge in [-0.3, -0.25) is 0 Å². The highest BCUT2D eigenvalue weighted by molar-refractivity contribution is 6.00. The zero-order valence-corrected chi connectivity index (χ0v) is 29.7. The third-order valence-corrected chi connectivity index (χ3v) is 10.2. The molecular formula is C50H39NO. The molecule has 9 aromatic rings. The molecule has 0 aliphatic heterocycles. The van der Waals surface area contributed by atoms with Crippen molar-refractivity contribution in [3.05, 3.63) is 188 Å². The van der Waals surface area contributed by atoms with Crippen molar-refractivity contribution < 1.29 is 4.42 Å². The molecule has 0 unspecified atom stereocenters. The highest BCUT2D eigenvalue weighted by atomic mass is 16.3. The predicted molar refractivity (Wildman–Crippen MR) is 221 cm³/mol. The first-order chi connectivity index (χ1) is 25.4. The second-order valence-corrected chi connectivity index (χ2v) is 14.6. The van der Waals surface area contributed by atoms with Gasteiger partial charge in [0.05, 0.1) is 5.69 Å². The molecule has 0 bridgehead atoms. The third kappa shape index (κ3) is 5.63. The summed E-state index contributed by atoms with van der Waals surface area (Å²) in [4.78, 5) is 2.37. The van der Waals surface area contributed by atoms with Crippen molar-refractivity contribution in [2.45, 2.75) is 26.2 Å². The van der Waals surface area contributed by atoms with Gasteiger partial charge in [-0.25, -0.2) is 0 Å². The molecule has 2 heteroatoms. The average Bonchev–Trinajstić information content (AvgIpc) is 3.59. The first-order valence-corrected chi connectivity index (χ1v) is 18.0. The van der Waals surface area contributed by atoms with E-state index in [1.165, 1.54) is 54.7 Å². The molecule has 1 aromatic heterocycles. The normalized spacial score (nSPS) is 11.8. The summed E-state index contributed by atoms with van der Waals surface area (Å²) >= 11 is 0. The Labute approximate surface area is 305 Å². The number of hydrogen-bond donors (Lipinski definition) is 0. The molecule has 52 heavy (non-hydrogen) atoms. The van der Waals surface area contributed by atoms with E-state index in [0.29, 0.717) is 0 Å². The molecule has 250 valence electrons. The van der Waals surface area contributed by atoms with Crippen LogP contribution in [0.25, 0.3) is 66.1 Å². The van der Waals surface area contributed by atoms with E-state index in [1.807, 2.05) is 6.07 Å². The fourth-order valence-corrected chi connectivity index (χ4v) is 7.73. The molecule has 2 nitrogen and oxygen atoms in total. The largest absolute Gasteiger partial charge is 0.456 e. The fourth-order valence-electron chi connectivity index (χ4n) is 7.73. The van der Waals surface area contributed by atoms with Crippen molar-refractivity contribution in [1.82, 2.24) is 0 Å². The summed E-state index contributed by atoms with van der Waals surface area (Å²) < 4.78 is 6.63. The molecule has 0 aliphatic carbocycles. The van der Waals surface area contributed by atoms with Crippen molar-refractivity contribution in [3.8, 4) is 33.6 Å². The first-order valence-electron chi connectivity index (χ1n) is 18.0. The summed E-state index contributed by atoms with van der Waals surface area (Å²) in [6.45, 7) is 6.79. The van der Waals surface area contributed by atoms with Gasteiger partial charge in [0.2, 0.25) is 0 Å². The molecule has 0 N–H and O–H groups in total. The number of hydrogen-bond acceptors (Lipinski definition) is 2. The standard InChI is InChI=1S/C50H39NO/c1-50(2,3)48-45-21-8-9-24-47(45)52-49(48)39-17-10-18-41(33-39)51(46-23-12-16-37-14-5-7-20-44(37)46)40-31-29-35(30-32-40)34-25-27-38(28-26-34)43-22-11-15-36-13-4-6-19-42(36)43/h4-33H,1-3H3. The van der Waals surface area contributed by atoms with Crippen LogP contribution in [-0.4, -0.2) is 0 Å². The smallest absolute Gasteiger partial charge is 0.139 e. The molecule has 1 heterocycles. The van der Waals surface area contributed by atoms with E-state index in [2.05, 4.69) is 202 Å². The van der Waals surface area contributed by atoms with Gasteiger partial charge in [-0.1, -0.05) is 166 Å². The molecule has 0 spiro atoms. The van der Waals surface area contributed by atoms with Gasteiger partial charge in [0, 0.05) is 33.3 Å². The highest BCUT2D eigenvalue weighted by Crippen LogP contribution is 2.44. The fraction of sp³-hybridized carbons (Fsp3) is 0.0800. The van der Waals surface area contributed by atoms with E-state index >= 15 is 0 Å². The first kappa shape index (κ1) is 31.6. The second kappa shape index (κ2) is 12.7. The minimum atomic E-state index is -0.101. The van der Waals surface area contributed by atoms with Crippen LogP contribution < -0.4 is 4.90 Å². The predicted octanol–water partition coefficient (Wildman–Crippen LogP) is 14.5. The summed E-state index contributed by atoms with van der Waals surface area (Å²) in [5, 5.41) is 6.10. The summed E-state index contributed by atoms with van der Waals surface area (Å²) in [5.41, 5.74) is 11.2. The Morgan fingerprint density at radius 1 is 0.423 bits per heavy atom. The Morgan fingerprint density at radius 3 is 1.71 bits per heavy atom. The van der Waals surface area contributed by atoms with Crippen LogP contribution in [0.5, 0.6) is 0 Å². The van der Waals surface area contributed by atoms with Crippen molar-refractivity contribution in [1.29, 1.82) is 0 Å². The van der Waals surface area contributed by atoms with Crippen LogP contribution in [-0.2, 0) is 5.41 Å². The minimum Gasteiger partial charge on any atom is -0.456 e.